The first kappa shape index (κ1) is 26.4. The van der Waals surface area contributed by atoms with Crippen molar-refractivity contribution in [2.45, 2.75) is 85.4 Å². The van der Waals surface area contributed by atoms with Crippen LogP contribution in [0.2, 0.25) is 13.1 Å². The predicted octanol–water partition coefficient (Wildman–Crippen LogP) is 8.43. The molecule has 1 saturated carbocycles. The van der Waals surface area contributed by atoms with E-state index in [1.54, 1.807) is 16.7 Å². The summed E-state index contributed by atoms with van der Waals surface area (Å²) in [6.07, 6.45) is 8.70. The predicted molar refractivity (Wildman–Crippen MR) is 146 cm³/mol. The molecule has 0 radical (unpaired) electrons. The summed E-state index contributed by atoms with van der Waals surface area (Å²) in [6, 6.07) is 21.6. The van der Waals surface area contributed by atoms with E-state index in [0.29, 0.717) is 0 Å². The summed E-state index contributed by atoms with van der Waals surface area (Å²) < 4.78 is 6.18. The van der Waals surface area contributed by atoms with Crippen LogP contribution >= 0.6 is 0 Å². The second-order valence-electron chi connectivity index (χ2n) is 10.2. The van der Waals surface area contributed by atoms with Gasteiger partial charge in [-0.25, -0.2) is 0 Å². The van der Waals surface area contributed by atoms with Gasteiger partial charge in [0.25, 0.3) is 0 Å². The molecule has 2 aromatic rings. The molecule has 33 heavy (non-hydrogen) atoms. The first-order chi connectivity index (χ1) is 15.9. The fraction of sp³-hybridized carbons (Fsp3) is 0.467. The molecule has 2 aliphatic carbocycles. The van der Waals surface area contributed by atoms with Gasteiger partial charge in [0.2, 0.25) is 0 Å². The minimum Gasteiger partial charge on any atom is -0.0622 e. The normalized spacial score (nSPS) is 19.4. The molecule has 0 bridgehead atoms. The fourth-order valence-electron chi connectivity index (χ4n) is 5.26. The van der Waals surface area contributed by atoms with Crippen LogP contribution in [-0.2, 0) is 17.4 Å². The van der Waals surface area contributed by atoms with Crippen LogP contribution in [0.15, 0.2) is 81.3 Å². The van der Waals surface area contributed by atoms with Crippen LogP contribution in [0.4, 0.5) is 0 Å². The van der Waals surface area contributed by atoms with Gasteiger partial charge in [0.15, 0.2) is 0 Å². The number of allylic oxidation sites excluding steroid dienone is 4. The van der Waals surface area contributed by atoms with Gasteiger partial charge in [-0.1, -0.05) is 60.7 Å². The van der Waals surface area contributed by atoms with Crippen molar-refractivity contribution in [3.63, 3.8) is 0 Å². The summed E-state index contributed by atoms with van der Waals surface area (Å²) in [5.74, 6) is 0.730. The van der Waals surface area contributed by atoms with Crippen LogP contribution in [-0.4, -0.2) is 12.7 Å². The van der Waals surface area contributed by atoms with E-state index in [-0.39, 0.29) is 0 Å². The smallest absolute Gasteiger partial charge is 0.0184 e. The Morgan fingerprint density at radius 1 is 0.727 bits per heavy atom. The third-order valence-electron chi connectivity index (χ3n) is 7.60. The fourth-order valence-corrected chi connectivity index (χ4v) is 17.0. The number of hydrogen-bond donors (Lipinski definition) is 1. The molecule has 1 N–H and O–H groups in total. The van der Waals surface area contributed by atoms with E-state index in [2.05, 4.69) is 93.1 Å². The van der Waals surface area contributed by atoms with Crippen molar-refractivity contribution in [1.29, 1.82) is 0 Å². The maximum Gasteiger partial charge on any atom is -0.0184 e. The topological polar surface area (TPSA) is 12.0 Å². The Bertz CT molecular complexity index is 887. The minimum atomic E-state index is -1.24. The van der Waals surface area contributed by atoms with Gasteiger partial charge >= 0.3 is 140 Å². The Hall–Kier alpha value is -1.19. The summed E-state index contributed by atoms with van der Waals surface area (Å²) in [4.78, 5) is 0. The SMILES string of the molecule is CC1=C(C)C(C)[C]([Ti]([NH]C2CCCCCC2)[SiH](C)C)=C1C.c1ccc(-c2ccccc2)cc1. The van der Waals surface area contributed by atoms with E-state index in [0.717, 1.165) is 12.0 Å². The van der Waals surface area contributed by atoms with Crippen LogP contribution in [0.25, 0.3) is 11.1 Å². The Balaban J connectivity index is 0.000000215. The van der Waals surface area contributed by atoms with E-state index in [9.17, 15) is 0 Å². The molecule has 0 amide bonds. The van der Waals surface area contributed by atoms with Crippen molar-refractivity contribution >= 4 is 6.66 Å². The molecular weight excluding hydrogens is 450 g/mol. The summed E-state index contributed by atoms with van der Waals surface area (Å²) in [6.45, 7) is 14.2. The largest absolute Gasteiger partial charge is 0.0622 e. The molecule has 1 fully saturated rings. The van der Waals surface area contributed by atoms with E-state index in [4.69, 9.17) is 0 Å². The van der Waals surface area contributed by atoms with Crippen molar-refractivity contribution in [2.24, 2.45) is 5.92 Å². The average Bonchev–Trinajstić information content (AvgIpc) is 3.04. The number of nitrogens with one attached hydrogen (secondary N) is 1. The monoisotopic (exact) mass is 494 g/mol. The van der Waals surface area contributed by atoms with Gasteiger partial charge < -0.3 is 0 Å². The molecule has 3 heteroatoms. The Morgan fingerprint density at radius 2 is 1.21 bits per heavy atom. The van der Waals surface area contributed by atoms with Gasteiger partial charge in [-0.2, -0.15) is 0 Å². The molecule has 0 heterocycles. The maximum atomic E-state index is 4.28. The zero-order valence-corrected chi connectivity index (χ0v) is 24.5. The first-order valence-electron chi connectivity index (χ1n) is 13.0. The van der Waals surface area contributed by atoms with E-state index >= 15 is 0 Å². The third kappa shape index (κ3) is 7.15. The van der Waals surface area contributed by atoms with Crippen LogP contribution in [0.3, 0.4) is 0 Å². The van der Waals surface area contributed by atoms with Crippen LogP contribution < -0.4 is 3.80 Å². The van der Waals surface area contributed by atoms with Gasteiger partial charge in [0.1, 0.15) is 0 Å². The van der Waals surface area contributed by atoms with Crippen LogP contribution in [0.1, 0.15) is 66.2 Å². The number of benzene rings is 2. The van der Waals surface area contributed by atoms with Gasteiger partial charge in [-0.3, -0.25) is 0 Å². The van der Waals surface area contributed by atoms with E-state index < -0.39 is 24.0 Å². The van der Waals surface area contributed by atoms with E-state index in [1.165, 1.54) is 49.7 Å². The molecule has 0 aliphatic heterocycles. The van der Waals surface area contributed by atoms with Crippen LogP contribution in [0, 0.1) is 5.92 Å². The standard InChI is InChI=1S/C12H10.C9H13.C7H14N.C2H7Si.Ti/c1-3-7-11(8-4-1)12-9-5-2-6-10-12;1-6-5-7(2)9(4)8(6)3;8-7-5-3-1-2-4-6-7;1-3-2;/h1-10H;6H,1-4H3;7-8H,1-6H2;3H,1-2H3;/q;;-1;;+1. The Morgan fingerprint density at radius 3 is 1.61 bits per heavy atom. The molecular formula is C30H44NSiTi. The Kier molecular flexibility index (Phi) is 10.4. The molecule has 1 unspecified atom stereocenters. The maximum absolute atomic E-state index is 4.28. The molecule has 177 valence electrons. The first-order valence-corrected chi connectivity index (χ1v) is 20.2. The second kappa shape index (κ2) is 13.0. The summed E-state index contributed by atoms with van der Waals surface area (Å²) in [7, 11) is 0. The zero-order valence-electron chi connectivity index (χ0n) is 21.7. The van der Waals surface area contributed by atoms with Crippen molar-refractivity contribution in [3.05, 3.63) is 81.3 Å². The van der Waals surface area contributed by atoms with Gasteiger partial charge in [-0.05, 0) is 11.1 Å². The van der Waals surface area contributed by atoms with Crippen molar-refractivity contribution in [1.82, 2.24) is 3.80 Å². The molecule has 0 saturated heterocycles. The average molecular weight is 495 g/mol. The number of rotatable bonds is 5. The summed E-state index contributed by atoms with van der Waals surface area (Å²) in [5.41, 5.74) is 7.46. The second-order valence-corrected chi connectivity index (χ2v) is 22.9. The molecule has 2 aliphatic rings. The molecule has 0 spiro atoms. The third-order valence-corrected chi connectivity index (χ3v) is 19.4. The summed E-state index contributed by atoms with van der Waals surface area (Å²) >= 11 is -1.24. The Labute approximate surface area is 210 Å². The summed E-state index contributed by atoms with van der Waals surface area (Å²) in [5, 5.41) is 0. The number of hydrogen-bond acceptors (Lipinski definition) is 1. The van der Waals surface area contributed by atoms with E-state index in [1.807, 2.05) is 16.0 Å². The molecule has 1 atom stereocenters. The van der Waals surface area contributed by atoms with Gasteiger partial charge in [0.05, 0.1) is 0 Å². The molecule has 0 aromatic heterocycles. The van der Waals surface area contributed by atoms with Gasteiger partial charge in [-0.15, -0.1) is 0 Å². The zero-order chi connectivity index (χ0) is 23.8. The van der Waals surface area contributed by atoms with Crippen molar-refractivity contribution < 1.29 is 17.4 Å². The van der Waals surface area contributed by atoms with Crippen molar-refractivity contribution in [2.75, 3.05) is 0 Å². The molecule has 2 aromatic carbocycles. The molecule has 4 rings (SSSR count). The van der Waals surface area contributed by atoms with Gasteiger partial charge in [0, 0.05) is 0 Å². The quantitative estimate of drug-likeness (QED) is 0.325. The van der Waals surface area contributed by atoms with Crippen molar-refractivity contribution in [3.8, 4) is 11.1 Å². The molecule has 1 nitrogen and oxygen atoms in total. The minimum absolute atomic E-state index is 0.585. The van der Waals surface area contributed by atoms with Crippen LogP contribution in [0.5, 0.6) is 0 Å².